The average molecular weight is 366 g/mol. The maximum atomic E-state index is 12.4. The van der Waals surface area contributed by atoms with Crippen molar-refractivity contribution >= 4 is 16.8 Å². The van der Waals surface area contributed by atoms with Crippen LogP contribution in [0.1, 0.15) is 62.7 Å². The number of carbonyl (C=O) groups is 1. The van der Waals surface area contributed by atoms with Crippen molar-refractivity contribution in [3.63, 3.8) is 0 Å². The van der Waals surface area contributed by atoms with Gasteiger partial charge in [-0.2, -0.15) is 0 Å². The molecule has 0 saturated heterocycles. The molecule has 2 aliphatic carbocycles. The van der Waals surface area contributed by atoms with E-state index in [4.69, 9.17) is 0 Å². The summed E-state index contributed by atoms with van der Waals surface area (Å²) in [5.74, 6) is 0.220. The molecule has 0 spiro atoms. The molecule has 1 amide bonds. The Morgan fingerprint density at radius 1 is 1.15 bits per heavy atom. The van der Waals surface area contributed by atoms with Crippen molar-refractivity contribution in [2.24, 2.45) is 7.05 Å². The van der Waals surface area contributed by atoms with Gasteiger partial charge in [0, 0.05) is 49.2 Å². The van der Waals surface area contributed by atoms with Crippen LogP contribution in [0, 0.1) is 0 Å². The van der Waals surface area contributed by atoms with E-state index in [1.54, 1.807) is 6.92 Å². The van der Waals surface area contributed by atoms with Gasteiger partial charge in [-0.3, -0.25) is 9.69 Å². The molecule has 4 heteroatoms. The standard InChI is InChI=1S/C23H31N3O/c1-16(27)25-15-13-20-19-6-3-4-7-21(19)24(2)23(20)22(25)8-5-14-26(17-9-10-17)18-11-12-18/h3-4,6-7,17-18,22H,5,8-15H2,1-2H3. The summed E-state index contributed by atoms with van der Waals surface area (Å²) in [6.07, 6.45) is 8.82. The summed E-state index contributed by atoms with van der Waals surface area (Å²) in [6.45, 7) is 3.80. The first-order valence-corrected chi connectivity index (χ1v) is 10.7. The van der Waals surface area contributed by atoms with Crippen molar-refractivity contribution < 1.29 is 4.79 Å². The van der Waals surface area contributed by atoms with Gasteiger partial charge in [0.15, 0.2) is 0 Å². The summed E-state index contributed by atoms with van der Waals surface area (Å²) in [7, 11) is 2.18. The van der Waals surface area contributed by atoms with Crippen LogP contribution in [-0.4, -0.2) is 45.4 Å². The van der Waals surface area contributed by atoms with Crippen LogP contribution < -0.4 is 0 Å². The minimum atomic E-state index is 0.220. The van der Waals surface area contributed by atoms with Crippen molar-refractivity contribution in [3.8, 4) is 0 Å². The van der Waals surface area contributed by atoms with E-state index in [9.17, 15) is 4.79 Å². The van der Waals surface area contributed by atoms with E-state index in [2.05, 4.69) is 45.7 Å². The third kappa shape index (κ3) is 3.08. The topological polar surface area (TPSA) is 28.5 Å². The van der Waals surface area contributed by atoms with Crippen molar-refractivity contribution in [2.45, 2.75) is 70.0 Å². The third-order valence-corrected chi connectivity index (χ3v) is 6.89. The summed E-state index contributed by atoms with van der Waals surface area (Å²) in [5.41, 5.74) is 4.15. The van der Waals surface area contributed by atoms with Crippen LogP contribution in [0.5, 0.6) is 0 Å². The van der Waals surface area contributed by atoms with E-state index in [0.29, 0.717) is 0 Å². The predicted octanol–water partition coefficient (Wildman–Crippen LogP) is 4.03. The first-order chi connectivity index (χ1) is 13.1. The second-order valence-corrected chi connectivity index (χ2v) is 8.76. The van der Waals surface area contributed by atoms with Crippen LogP contribution in [0.4, 0.5) is 0 Å². The molecular weight excluding hydrogens is 334 g/mol. The second-order valence-electron chi connectivity index (χ2n) is 8.76. The van der Waals surface area contributed by atoms with Gasteiger partial charge in [-0.25, -0.2) is 0 Å². The average Bonchev–Trinajstić information content (AvgIpc) is 3.58. The summed E-state index contributed by atoms with van der Waals surface area (Å²) in [5, 5.41) is 1.38. The van der Waals surface area contributed by atoms with Gasteiger partial charge in [0.2, 0.25) is 5.91 Å². The molecule has 0 bridgehead atoms. The fourth-order valence-electron chi connectivity index (χ4n) is 5.33. The van der Waals surface area contributed by atoms with E-state index in [1.165, 1.54) is 60.8 Å². The molecule has 1 aromatic heterocycles. The van der Waals surface area contributed by atoms with Crippen LogP contribution in [0.15, 0.2) is 24.3 Å². The van der Waals surface area contributed by atoms with Crippen LogP contribution >= 0.6 is 0 Å². The number of carbonyl (C=O) groups excluding carboxylic acids is 1. The van der Waals surface area contributed by atoms with E-state index >= 15 is 0 Å². The molecule has 2 heterocycles. The molecule has 5 rings (SSSR count). The zero-order valence-electron chi connectivity index (χ0n) is 16.7. The number of aromatic nitrogens is 1. The Bertz CT molecular complexity index is 850. The Morgan fingerprint density at radius 2 is 1.85 bits per heavy atom. The van der Waals surface area contributed by atoms with E-state index in [0.717, 1.165) is 31.5 Å². The molecular formula is C23H31N3O. The number of rotatable bonds is 6. The van der Waals surface area contributed by atoms with Gasteiger partial charge in [0.1, 0.15) is 0 Å². The maximum Gasteiger partial charge on any atom is 0.220 e. The lowest BCUT2D eigenvalue weighted by Crippen LogP contribution is -2.40. The number of amides is 1. The fourth-order valence-corrected chi connectivity index (χ4v) is 5.33. The molecule has 2 aromatic rings. The summed E-state index contributed by atoms with van der Waals surface area (Å²) in [4.78, 5) is 17.3. The Labute approximate surface area is 162 Å². The summed E-state index contributed by atoms with van der Waals surface area (Å²) >= 11 is 0. The Morgan fingerprint density at radius 3 is 2.52 bits per heavy atom. The predicted molar refractivity (Wildman–Crippen MR) is 109 cm³/mol. The number of benzene rings is 1. The lowest BCUT2D eigenvalue weighted by atomic mass is 9.94. The highest BCUT2D eigenvalue weighted by Gasteiger charge is 2.39. The van der Waals surface area contributed by atoms with Gasteiger partial charge in [-0.1, -0.05) is 18.2 Å². The van der Waals surface area contributed by atoms with Crippen LogP contribution in [-0.2, 0) is 18.3 Å². The van der Waals surface area contributed by atoms with E-state index < -0.39 is 0 Å². The highest BCUT2D eigenvalue weighted by molar-refractivity contribution is 5.86. The van der Waals surface area contributed by atoms with E-state index in [-0.39, 0.29) is 11.9 Å². The molecule has 2 saturated carbocycles. The molecule has 4 nitrogen and oxygen atoms in total. The van der Waals surface area contributed by atoms with Gasteiger partial charge < -0.3 is 9.47 Å². The number of para-hydroxylation sites is 1. The molecule has 1 atom stereocenters. The maximum absolute atomic E-state index is 12.4. The molecule has 2 fully saturated rings. The number of aryl methyl sites for hydroxylation is 1. The summed E-state index contributed by atoms with van der Waals surface area (Å²) in [6, 6.07) is 10.7. The minimum Gasteiger partial charge on any atom is -0.346 e. The molecule has 0 radical (unpaired) electrons. The molecule has 27 heavy (non-hydrogen) atoms. The van der Waals surface area contributed by atoms with Gasteiger partial charge in [-0.15, -0.1) is 0 Å². The SMILES string of the molecule is CC(=O)N1CCc2c(n(C)c3ccccc23)C1CCCN(C1CC1)C1CC1. The molecule has 3 aliphatic rings. The molecule has 0 N–H and O–H groups in total. The van der Waals surface area contributed by atoms with Crippen LogP contribution in [0.2, 0.25) is 0 Å². The van der Waals surface area contributed by atoms with Gasteiger partial charge in [-0.05, 0) is 63.1 Å². The fraction of sp³-hybridized carbons (Fsp3) is 0.609. The van der Waals surface area contributed by atoms with Crippen molar-refractivity contribution in [1.29, 1.82) is 0 Å². The van der Waals surface area contributed by atoms with Gasteiger partial charge in [0.05, 0.1) is 6.04 Å². The lowest BCUT2D eigenvalue weighted by molar-refractivity contribution is -0.132. The van der Waals surface area contributed by atoms with Crippen molar-refractivity contribution in [1.82, 2.24) is 14.4 Å². The third-order valence-electron chi connectivity index (χ3n) is 6.89. The number of hydrogen-bond acceptors (Lipinski definition) is 2. The molecule has 1 aromatic carbocycles. The van der Waals surface area contributed by atoms with E-state index in [1.807, 2.05) is 0 Å². The van der Waals surface area contributed by atoms with Crippen LogP contribution in [0.25, 0.3) is 10.9 Å². The molecule has 1 unspecified atom stereocenters. The smallest absolute Gasteiger partial charge is 0.220 e. The zero-order valence-corrected chi connectivity index (χ0v) is 16.7. The number of fused-ring (bicyclic) bond motifs is 3. The molecule has 144 valence electrons. The first kappa shape index (κ1) is 17.3. The number of hydrogen-bond donors (Lipinski definition) is 0. The highest BCUT2D eigenvalue weighted by Crippen LogP contribution is 2.40. The zero-order chi connectivity index (χ0) is 18.5. The largest absolute Gasteiger partial charge is 0.346 e. The van der Waals surface area contributed by atoms with Crippen molar-refractivity contribution in [2.75, 3.05) is 13.1 Å². The van der Waals surface area contributed by atoms with Gasteiger partial charge in [0.25, 0.3) is 0 Å². The Hall–Kier alpha value is -1.81. The number of nitrogens with zero attached hydrogens (tertiary/aromatic N) is 3. The minimum absolute atomic E-state index is 0.220. The second kappa shape index (κ2) is 6.66. The normalized spacial score (nSPS) is 22.5. The van der Waals surface area contributed by atoms with Gasteiger partial charge >= 0.3 is 0 Å². The quantitative estimate of drug-likeness (QED) is 0.773. The first-order valence-electron chi connectivity index (χ1n) is 10.7. The highest BCUT2D eigenvalue weighted by atomic mass is 16.2. The Balaban J connectivity index is 1.41. The monoisotopic (exact) mass is 365 g/mol. The lowest BCUT2D eigenvalue weighted by Gasteiger charge is -2.37. The Kier molecular flexibility index (Phi) is 4.27. The molecule has 1 aliphatic heterocycles. The van der Waals surface area contributed by atoms with Crippen molar-refractivity contribution in [3.05, 3.63) is 35.5 Å². The summed E-state index contributed by atoms with van der Waals surface area (Å²) < 4.78 is 2.35. The van der Waals surface area contributed by atoms with Crippen LogP contribution in [0.3, 0.4) is 0 Å².